The number of methoxy groups -OCH3 is 1. The monoisotopic (exact) mass is 476 g/mol. The highest BCUT2D eigenvalue weighted by molar-refractivity contribution is 8.00. The molecule has 0 aliphatic carbocycles. The SMILES string of the molecule is CCCCCCC(CCCCCCCCCCC(=O)OC)[C@H]1S[C@@H](CO)[C@@H](O)[C@H](O)[C@H]1O. The Labute approximate surface area is 199 Å². The summed E-state index contributed by atoms with van der Waals surface area (Å²) in [6.45, 7) is 2.01. The molecule has 0 aromatic carbocycles. The van der Waals surface area contributed by atoms with Gasteiger partial charge in [0, 0.05) is 11.7 Å². The summed E-state index contributed by atoms with van der Waals surface area (Å²) in [5.74, 6) is 0.171. The number of aliphatic hydroxyl groups excluding tert-OH is 4. The van der Waals surface area contributed by atoms with E-state index in [2.05, 4.69) is 11.7 Å². The van der Waals surface area contributed by atoms with Gasteiger partial charge in [0.1, 0.15) is 6.10 Å². The first-order valence-electron chi connectivity index (χ1n) is 12.8. The van der Waals surface area contributed by atoms with Crippen molar-refractivity contribution in [1.29, 1.82) is 0 Å². The molecule has 4 N–H and O–H groups in total. The van der Waals surface area contributed by atoms with E-state index in [4.69, 9.17) is 0 Å². The number of ether oxygens (including phenoxy) is 1. The van der Waals surface area contributed by atoms with Crippen LogP contribution in [0.2, 0.25) is 0 Å². The minimum absolute atomic E-state index is 0.122. The fourth-order valence-electron chi connectivity index (χ4n) is 4.66. The molecule has 1 fully saturated rings. The van der Waals surface area contributed by atoms with Crippen molar-refractivity contribution in [3.8, 4) is 0 Å². The summed E-state index contributed by atoms with van der Waals surface area (Å²) in [5, 5.41) is 40.1. The number of carbonyl (C=O) groups excluding carboxylic acids is 1. The second-order valence-corrected chi connectivity index (χ2v) is 10.8. The number of rotatable bonds is 18. The first-order chi connectivity index (χ1) is 15.5. The number of aliphatic hydroxyl groups is 4. The van der Waals surface area contributed by atoms with Gasteiger partial charge in [-0.1, -0.05) is 77.6 Å². The van der Waals surface area contributed by atoms with E-state index >= 15 is 0 Å². The third-order valence-corrected chi connectivity index (χ3v) is 8.51. The normalized spacial score (nSPS) is 26.8. The molecule has 1 aliphatic heterocycles. The molecule has 32 heavy (non-hydrogen) atoms. The van der Waals surface area contributed by atoms with Gasteiger partial charge in [0.25, 0.3) is 0 Å². The van der Waals surface area contributed by atoms with Crippen molar-refractivity contribution in [1.82, 2.24) is 0 Å². The second kappa shape index (κ2) is 18.0. The molecule has 6 atom stereocenters. The van der Waals surface area contributed by atoms with Gasteiger partial charge in [0.2, 0.25) is 0 Å². The van der Waals surface area contributed by atoms with Crippen LogP contribution in [0.25, 0.3) is 0 Å². The maximum atomic E-state index is 11.1. The molecule has 0 amide bonds. The number of carbonyl (C=O) groups is 1. The first-order valence-corrected chi connectivity index (χ1v) is 13.8. The van der Waals surface area contributed by atoms with Gasteiger partial charge in [0.15, 0.2) is 0 Å². The molecule has 190 valence electrons. The maximum absolute atomic E-state index is 11.1. The molecule has 6 nitrogen and oxygen atoms in total. The molecule has 1 saturated heterocycles. The van der Waals surface area contributed by atoms with Gasteiger partial charge >= 0.3 is 5.97 Å². The molecule has 0 bridgehead atoms. The fourth-order valence-corrected chi connectivity index (χ4v) is 6.29. The van der Waals surface area contributed by atoms with Crippen molar-refractivity contribution in [2.45, 2.75) is 132 Å². The zero-order valence-corrected chi connectivity index (χ0v) is 21.1. The summed E-state index contributed by atoms with van der Waals surface area (Å²) in [6.07, 6.45) is 13.1. The first kappa shape index (κ1) is 29.7. The Morgan fingerprint density at radius 2 is 1.34 bits per heavy atom. The van der Waals surface area contributed by atoms with Gasteiger partial charge in [-0.25, -0.2) is 0 Å². The lowest BCUT2D eigenvalue weighted by atomic mass is 9.86. The van der Waals surface area contributed by atoms with E-state index in [0.29, 0.717) is 12.3 Å². The molecule has 1 aliphatic rings. The largest absolute Gasteiger partial charge is 0.469 e. The van der Waals surface area contributed by atoms with Crippen molar-refractivity contribution in [2.75, 3.05) is 13.7 Å². The highest BCUT2D eigenvalue weighted by Gasteiger charge is 2.45. The highest BCUT2D eigenvalue weighted by atomic mass is 32.2. The van der Waals surface area contributed by atoms with Crippen molar-refractivity contribution in [3.05, 3.63) is 0 Å². The molecule has 0 aromatic heterocycles. The average molecular weight is 477 g/mol. The smallest absolute Gasteiger partial charge is 0.305 e. The Hall–Kier alpha value is -0.340. The van der Waals surface area contributed by atoms with Crippen LogP contribution in [0, 0.1) is 5.92 Å². The van der Waals surface area contributed by atoms with E-state index in [-0.39, 0.29) is 17.8 Å². The predicted molar refractivity (Wildman–Crippen MR) is 131 cm³/mol. The summed E-state index contributed by atoms with van der Waals surface area (Å²) in [4.78, 5) is 11.1. The number of hydrogen-bond donors (Lipinski definition) is 4. The lowest BCUT2D eigenvalue weighted by Gasteiger charge is -2.43. The number of esters is 1. The van der Waals surface area contributed by atoms with Crippen LogP contribution < -0.4 is 0 Å². The van der Waals surface area contributed by atoms with Gasteiger partial charge in [-0.2, -0.15) is 0 Å². The summed E-state index contributed by atoms with van der Waals surface area (Å²) in [6, 6.07) is 0. The van der Waals surface area contributed by atoms with Crippen LogP contribution in [0.3, 0.4) is 0 Å². The second-order valence-electron chi connectivity index (χ2n) is 9.35. The van der Waals surface area contributed by atoms with Crippen LogP contribution in [-0.2, 0) is 9.53 Å². The highest BCUT2D eigenvalue weighted by Crippen LogP contribution is 2.40. The zero-order valence-electron chi connectivity index (χ0n) is 20.3. The van der Waals surface area contributed by atoms with Gasteiger partial charge in [0.05, 0.1) is 31.2 Å². The Bertz CT molecular complexity index is 475. The van der Waals surface area contributed by atoms with E-state index in [1.165, 1.54) is 57.4 Å². The predicted octanol–water partition coefficient (Wildman–Crippen LogP) is 4.21. The number of hydrogen-bond acceptors (Lipinski definition) is 7. The van der Waals surface area contributed by atoms with Crippen LogP contribution in [-0.4, -0.2) is 68.9 Å². The Morgan fingerprint density at radius 3 is 1.88 bits per heavy atom. The fraction of sp³-hybridized carbons (Fsp3) is 0.960. The van der Waals surface area contributed by atoms with Crippen LogP contribution in [0.5, 0.6) is 0 Å². The van der Waals surface area contributed by atoms with E-state index in [1.807, 2.05) is 0 Å². The lowest BCUT2D eigenvalue weighted by Crippen LogP contribution is -2.55. The molecule has 7 heteroatoms. The Balaban J connectivity index is 2.36. The minimum atomic E-state index is -1.18. The van der Waals surface area contributed by atoms with Gasteiger partial charge < -0.3 is 25.2 Å². The van der Waals surface area contributed by atoms with E-state index in [9.17, 15) is 25.2 Å². The summed E-state index contributed by atoms with van der Waals surface area (Å²) in [5.41, 5.74) is 0. The molecule has 0 spiro atoms. The summed E-state index contributed by atoms with van der Waals surface area (Å²) < 4.78 is 4.66. The summed E-state index contributed by atoms with van der Waals surface area (Å²) >= 11 is 1.46. The molecule has 0 radical (unpaired) electrons. The van der Waals surface area contributed by atoms with Crippen LogP contribution in [0.15, 0.2) is 0 Å². The third-order valence-electron chi connectivity index (χ3n) is 6.76. The average Bonchev–Trinajstić information content (AvgIpc) is 2.80. The van der Waals surface area contributed by atoms with Crippen LogP contribution >= 0.6 is 11.8 Å². The third kappa shape index (κ3) is 11.2. The Kier molecular flexibility index (Phi) is 16.7. The van der Waals surface area contributed by atoms with Crippen molar-refractivity contribution < 1.29 is 30.0 Å². The van der Waals surface area contributed by atoms with E-state index < -0.39 is 23.6 Å². The van der Waals surface area contributed by atoms with Gasteiger partial charge in [-0.3, -0.25) is 4.79 Å². The zero-order chi connectivity index (χ0) is 23.8. The van der Waals surface area contributed by atoms with Crippen molar-refractivity contribution in [3.63, 3.8) is 0 Å². The summed E-state index contributed by atoms with van der Waals surface area (Å²) in [7, 11) is 1.43. The topological polar surface area (TPSA) is 107 Å². The molecular weight excluding hydrogens is 428 g/mol. The maximum Gasteiger partial charge on any atom is 0.305 e. The van der Waals surface area contributed by atoms with Gasteiger partial charge in [-0.15, -0.1) is 11.8 Å². The molecule has 1 heterocycles. The number of thioether (sulfide) groups is 1. The molecule has 1 rings (SSSR count). The van der Waals surface area contributed by atoms with Crippen LogP contribution in [0.1, 0.15) is 103 Å². The lowest BCUT2D eigenvalue weighted by molar-refractivity contribution is -0.140. The van der Waals surface area contributed by atoms with Crippen molar-refractivity contribution in [2.24, 2.45) is 5.92 Å². The quantitative estimate of drug-likeness (QED) is 0.173. The van der Waals surface area contributed by atoms with E-state index in [0.717, 1.165) is 51.4 Å². The number of unbranched alkanes of at least 4 members (excludes halogenated alkanes) is 10. The molecule has 0 aromatic rings. The standard InChI is InChI=1S/C25H48O6S/c1-3-4-5-12-15-19(25-24(30)23(29)22(28)20(18-26)32-25)16-13-10-8-6-7-9-11-14-17-21(27)31-2/h19-20,22-26,28-30H,3-18H2,1-2H3/t19?,20-,22+,23-,24+,25+/m0/s1. The molecular formula is C25H48O6S. The molecule has 0 saturated carbocycles. The van der Waals surface area contributed by atoms with Crippen molar-refractivity contribution >= 4 is 17.7 Å². The van der Waals surface area contributed by atoms with Crippen LogP contribution in [0.4, 0.5) is 0 Å². The molecule has 1 unspecified atom stereocenters. The van der Waals surface area contributed by atoms with Gasteiger partial charge in [-0.05, 0) is 25.2 Å². The van der Waals surface area contributed by atoms with E-state index in [1.54, 1.807) is 0 Å². The Morgan fingerprint density at radius 1 is 0.812 bits per heavy atom. The minimum Gasteiger partial charge on any atom is -0.469 e.